The Kier molecular flexibility index (Phi) is 4.22. The molecule has 0 saturated heterocycles. The zero-order chi connectivity index (χ0) is 13.0. The first-order chi connectivity index (χ1) is 8.65. The molecule has 3 N–H and O–H groups in total. The Labute approximate surface area is 106 Å². The van der Waals surface area contributed by atoms with Gasteiger partial charge >= 0.3 is 0 Å². The topological polar surface area (TPSA) is 94.1 Å². The Morgan fingerprint density at radius 1 is 1.50 bits per heavy atom. The summed E-state index contributed by atoms with van der Waals surface area (Å²) in [5, 5.41) is 13.9. The number of nitro groups is 1. The van der Waals surface area contributed by atoms with Crippen LogP contribution in [0.25, 0.3) is 0 Å². The second-order valence-corrected chi connectivity index (χ2v) is 4.77. The zero-order valence-electron chi connectivity index (χ0n) is 10.2. The van der Waals surface area contributed by atoms with E-state index in [1.165, 1.54) is 12.3 Å². The molecule has 0 bridgehead atoms. The molecule has 2 rings (SSSR count). The highest BCUT2D eigenvalue weighted by Gasteiger charge is 2.18. The van der Waals surface area contributed by atoms with Gasteiger partial charge < -0.3 is 11.1 Å². The van der Waals surface area contributed by atoms with Gasteiger partial charge in [-0.25, -0.2) is 0 Å². The van der Waals surface area contributed by atoms with Crippen molar-refractivity contribution in [2.24, 2.45) is 5.73 Å². The molecule has 2 unspecified atom stereocenters. The fourth-order valence-corrected chi connectivity index (χ4v) is 2.29. The maximum absolute atomic E-state index is 10.5. The number of hydrogen-bond donors (Lipinski definition) is 2. The third kappa shape index (κ3) is 3.48. The van der Waals surface area contributed by atoms with Gasteiger partial charge in [-0.1, -0.05) is 6.42 Å². The number of nitrogens with zero attached hydrogens (tertiary/aromatic N) is 2. The second kappa shape index (κ2) is 5.88. The average Bonchev–Trinajstić information content (AvgIpc) is 2.37. The molecule has 1 aliphatic rings. The van der Waals surface area contributed by atoms with Gasteiger partial charge in [0.2, 0.25) is 0 Å². The number of rotatable bonds is 4. The van der Waals surface area contributed by atoms with Gasteiger partial charge in [-0.3, -0.25) is 15.1 Å². The summed E-state index contributed by atoms with van der Waals surface area (Å²) in [5.74, 6) is 0. The molecule has 0 aromatic carbocycles. The normalized spacial score (nSPS) is 23.8. The van der Waals surface area contributed by atoms with Gasteiger partial charge in [0.25, 0.3) is 5.69 Å². The number of nitrogens with one attached hydrogen (secondary N) is 1. The largest absolute Gasteiger partial charge is 0.328 e. The number of pyridine rings is 1. The molecule has 18 heavy (non-hydrogen) atoms. The average molecular weight is 250 g/mol. The zero-order valence-corrected chi connectivity index (χ0v) is 10.2. The molecule has 1 aromatic heterocycles. The van der Waals surface area contributed by atoms with E-state index in [2.05, 4.69) is 10.3 Å². The minimum Gasteiger partial charge on any atom is -0.328 e. The van der Waals surface area contributed by atoms with Crippen LogP contribution in [0.5, 0.6) is 0 Å². The Balaban J connectivity index is 1.84. The highest BCUT2D eigenvalue weighted by molar-refractivity contribution is 5.26. The minimum atomic E-state index is -0.440. The maximum Gasteiger partial charge on any atom is 0.287 e. The van der Waals surface area contributed by atoms with E-state index in [-0.39, 0.29) is 5.69 Å². The highest BCUT2D eigenvalue weighted by atomic mass is 16.6. The smallest absolute Gasteiger partial charge is 0.287 e. The van der Waals surface area contributed by atoms with E-state index in [1.54, 1.807) is 6.07 Å². The van der Waals surface area contributed by atoms with Crippen molar-refractivity contribution in [2.45, 2.75) is 44.3 Å². The van der Waals surface area contributed by atoms with Crippen LogP contribution in [-0.4, -0.2) is 22.0 Å². The highest BCUT2D eigenvalue weighted by Crippen LogP contribution is 2.17. The summed E-state index contributed by atoms with van der Waals surface area (Å²) in [7, 11) is 0. The predicted molar refractivity (Wildman–Crippen MR) is 68.0 cm³/mol. The molecule has 1 heterocycles. The van der Waals surface area contributed by atoms with Gasteiger partial charge in [0.15, 0.2) is 0 Å². The van der Waals surface area contributed by atoms with Crippen molar-refractivity contribution in [1.29, 1.82) is 0 Å². The first kappa shape index (κ1) is 12.9. The summed E-state index contributed by atoms with van der Waals surface area (Å²) in [5.41, 5.74) is 6.76. The molecule has 98 valence electrons. The molecule has 1 aromatic rings. The summed E-state index contributed by atoms with van der Waals surface area (Å²) < 4.78 is 0. The SMILES string of the molecule is NC1CCCC(NCc2ccc([N+](=O)[O-])cn2)C1. The standard InChI is InChI=1S/C12H18N4O2/c13-9-2-1-3-10(6-9)14-7-11-4-5-12(8-15-11)16(17)18/h4-5,8-10,14H,1-3,6-7,13H2. The van der Waals surface area contributed by atoms with Crippen LogP contribution >= 0.6 is 0 Å². The third-order valence-corrected chi connectivity index (χ3v) is 3.31. The van der Waals surface area contributed by atoms with E-state index >= 15 is 0 Å². The second-order valence-electron chi connectivity index (χ2n) is 4.77. The van der Waals surface area contributed by atoms with Crippen molar-refractivity contribution in [1.82, 2.24) is 10.3 Å². The maximum atomic E-state index is 10.5. The fourth-order valence-electron chi connectivity index (χ4n) is 2.29. The summed E-state index contributed by atoms with van der Waals surface area (Å²) in [4.78, 5) is 14.1. The van der Waals surface area contributed by atoms with Crippen LogP contribution in [0.4, 0.5) is 5.69 Å². The first-order valence-corrected chi connectivity index (χ1v) is 6.23. The van der Waals surface area contributed by atoms with E-state index in [9.17, 15) is 10.1 Å². The predicted octanol–water partition coefficient (Wildman–Crippen LogP) is 1.35. The van der Waals surface area contributed by atoms with Gasteiger partial charge in [-0.05, 0) is 25.3 Å². The van der Waals surface area contributed by atoms with E-state index in [0.717, 1.165) is 31.4 Å². The molecule has 0 aliphatic heterocycles. The monoisotopic (exact) mass is 250 g/mol. The number of aromatic nitrogens is 1. The Morgan fingerprint density at radius 2 is 2.33 bits per heavy atom. The summed E-state index contributed by atoms with van der Waals surface area (Å²) in [6.45, 7) is 0.634. The Hall–Kier alpha value is -1.53. The molecule has 6 heteroatoms. The van der Waals surface area contributed by atoms with Gasteiger partial charge in [-0.2, -0.15) is 0 Å². The molecular weight excluding hydrogens is 232 g/mol. The van der Waals surface area contributed by atoms with E-state index < -0.39 is 4.92 Å². The molecule has 0 radical (unpaired) electrons. The Bertz CT molecular complexity index is 407. The summed E-state index contributed by atoms with van der Waals surface area (Å²) in [6, 6.07) is 3.90. The Morgan fingerprint density at radius 3 is 2.94 bits per heavy atom. The van der Waals surface area contributed by atoms with Crippen LogP contribution < -0.4 is 11.1 Å². The van der Waals surface area contributed by atoms with Crippen molar-refractivity contribution in [3.8, 4) is 0 Å². The lowest BCUT2D eigenvalue weighted by Gasteiger charge is -2.27. The molecule has 6 nitrogen and oxygen atoms in total. The molecule has 1 saturated carbocycles. The van der Waals surface area contributed by atoms with Crippen LogP contribution in [0, 0.1) is 10.1 Å². The summed E-state index contributed by atoms with van der Waals surface area (Å²) >= 11 is 0. The van der Waals surface area contributed by atoms with Crippen molar-refractivity contribution >= 4 is 5.69 Å². The molecule has 0 amide bonds. The van der Waals surface area contributed by atoms with Gasteiger partial charge in [-0.15, -0.1) is 0 Å². The molecular formula is C12H18N4O2. The lowest BCUT2D eigenvalue weighted by atomic mass is 9.91. The van der Waals surface area contributed by atoms with Crippen LogP contribution in [0.3, 0.4) is 0 Å². The van der Waals surface area contributed by atoms with Crippen LogP contribution in [0.1, 0.15) is 31.4 Å². The quantitative estimate of drug-likeness (QED) is 0.621. The molecule has 1 aliphatic carbocycles. The van der Waals surface area contributed by atoms with Crippen molar-refractivity contribution < 1.29 is 4.92 Å². The minimum absolute atomic E-state index is 0.0263. The van der Waals surface area contributed by atoms with Gasteiger partial charge in [0, 0.05) is 24.7 Å². The van der Waals surface area contributed by atoms with Gasteiger partial charge in [0.1, 0.15) is 6.20 Å². The van der Waals surface area contributed by atoms with E-state index in [1.807, 2.05) is 0 Å². The summed E-state index contributed by atoms with van der Waals surface area (Å²) in [6.07, 6.45) is 5.69. The number of nitrogens with two attached hydrogens (primary N) is 1. The van der Waals surface area contributed by atoms with Gasteiger partial charge in [0.05, 0.1) is 10.6 Å². The molecule has 1 fully saturated rings. The van der Waals surface area contributed by atoms with E-state index in [4.69, 9.17) is 5.73 Å². The lowest BCUT2D eigenvalue weighted by Crippen LogP contribution is -2.39. The third-order valence-electron chi connectivity index (χ3n) is 3.31. The van der Waals surface area contributed by atoms with Crippen LogP contribution in [-0.2, 0) is 6.54 Å². The van der Waals surface area contributed by atoms with Crippen LogP contribution in [0.2, 0.25) is 0 Å². The van der Waals surface area contributed by atoms with Crippen molar-refractivity contribution in [3.63, 3.8) is 0 Å². The molecule has 2 atom stereocenters. The first-order valence-electron chi connectivity index (χ1n) is 6.23. The van der Waals surface area contributed by atoms with E-state index in [0.29, 0.717) is 18.6 Å². The van der Waals surface area contributed by atoms with Crippen LogP contribution in [0.15, 0.2) is 18.3 Å². The van der Waals surface area contributed by atoms with Crippen molar-refractivity contribution in [2.75, 3.05) is 0 Å². The number of hydrogen-bond acceptors (Lipinski definition) is 5. The fraction of sp³-hybridized carbons (Fsp3) is 0.583. The van der Waals surface area contributed by atoms with Crippen molar-refractivity contribution in [3.05, 3.63) is 34.1 Å². The molecule has 0 spiro atoms. The lowest BCUT2D eigenvalue weighted by molar-refractivity contribution is -0.385.